The summed E-state index contributed by atoms with van der Waals surface area (Å²) < 4.78 is 5.69. The molecule has 0 saturated carbocycles. The molecular formula is C15H11ClN2O. The molecule has 3 rings (SSSR count). The van der Waals surface area contributed by atoms with Crippen molar-refractivity contribution >= 4 is 22.5 Å². The zero-order valence-corrected chi connectivity index (χ0v) is 10.8. The van der Waals surface area contributed by atoms with Gasteiger partial charge in [-0.25, -0.2) is 0 Å². The number of nitrogens with zero attached hydrogens (tertiary/aromatic N) is 2. The van der Waals surface area contributed by atoms with Gasteiger partial charge in [-0.1, -0.05) is 17.7 Å². The van der Waals surface area contributed by atoms with Gasteiger partial charge >= 0.3 is 0 Å². The van der Waals surface area contributed by atoms with Crippen LogP contribution in [0.15, 0.2) is 54.9 Å². The maximum Gasteiger partial charge on any atom is 0.130 e. The molecule has 1 aromatic carbocycles. The van der Waals surface area contributed by atoms with Gasteiger partial charge in [0.25, 0.3) is 0 Å². The number of ether oxygens (including phenoxy) is 1. The van der Waals surface area contributed by atoms with Crippen LogP contribution in [-0.4, -0.2) is 9.97 Å². The van der Waals surface area contributed by atoms with Crippen LogP contribution in [0.3, 0.4) is 0 Å². The van der Waals surface area contributed by atoms with Crippen LogP contribution < -0.4 is 4.74 Å². The molecule has 3 aromatic rings. The summed E-state index contributed by atoms with van der Waals surface area (Å²) in [5.74, 6) is 0.771. The molecule has 0 fully saturated rings. The van der Waals surface area contributed by atoms with Crippen LogP contribution in [0, 0.1) is 0 Å². The number of fused-ring (bicyclic) bond motifs is 1. The molecule has 0 aliphatic heterocycles. The number of hydrogen-bond donors (Lipinski definition) is 0. The molecule has 0 aliphatic carbocycles. The largest absolute Gasteiger partial charge is 0.487 e. The van der Waals surface area contributed by atoms with Crippen LogP contribution in [0.25, 0.3) is 10.9 Å². The SMILES string of the molecule is Clc1ccnc(COc2ccc3cccnc3c2)c1. The molecular weight excluding hydrogens is 260 g/mol. The second-order valence-electron chi connectivity index (χ2n) is 4.11. The molecule has 0 spiro atoms. The van der Waals surface area contributed by atoms with Crippen LogP contribution in [0.5, 0.6) is 5.75 Å². The maximum atomic E-state index is 5.90. The summed E-state index contributed by atoms with van der Waals surface area (Å²) in [7, 11) is 0. The van der Waals surface area contributed by atoms with E-state index in [1.807, 2.05) is 30.3 Å². The van der Waals surface area contributed by atoms with E-state index in [9.17, 15) is 0 Å². The van der Waals surface area contributed by atoms with Gasteiger partial charge in [0.05, 0.1) is 11.2 Å². The van der Waals surface area contributed by atoms with Crippen molar-refractivity contribution in [2.75, 3.05) is 0 Å². The first kappa shape index (κ1) is 11.9. The summed E-state index contributed by atoms with van der Waals surface area (Å²) in [6, 6.07) is 13.3. The fourth-order valence-electron chi connectivity index (χ4n) is 1.82. The van der Waals surface area contributed by atoms with Crippen LogP contribution in [0.2, 0.25) is 5.02 Å². The van der Waals surface area contributed by atoms with Gasteiger partial charge in [0, 0.05) is 28.9 Å². The van der Waals surface area contributed by atoms with Crippen LogP contribution in [0.1, 0.15) is 5.69 Å². The van der Waals surface area contributed by atoms with Gasteiger partial charge in [-0.05, 0) is 30.3 Å². The summed E-state index contributed by atoms with van der Waals surface area (Å²) >= 11 is 5.90. The molecule has 19 heavy (non-hydrogen) atoms. The summed E-state index contributed by atoms with van der Waals surface area (Å²) in [5, 5.41) is 1.75. The van der Waals surface area contributed by atoms with Gasteiger partial charge in [0.1, 0.15) is 12.4 Å². The maximum absolute atomic E-state index is 5.90. The normalized spacial score (nSPS) is 10.6. The van der Waals surface area contributed by atoms with E-state index in [-0.39, 0.29) is 0 Å². The molecule has 0 atom stereocenters. The predicted molar refractivity (Wildman–Crippen MR) is 75.3 cm³/mol. The fourth-order valence-corrected chi connectivity index (χ4v) is 2.00. The lowest BCUT2D eigenvalue weighted by Gasteiger charge is -2.06. The Kier molecular flexibility index (Phi) is 3.29. The van der Waals surface area contributed by atoms with E-state index in [0.29, 0.717) is 11.6 Å². The molecule has 0 amide bonds. The quantitative estimate of drug-likeness (QED) is 0.725. The molecule has 0 aliphatic rings. The van der Waals surface area contributed by atoms with Crippen LogP contribution in [0.4, 0.5) is 0 Å². The van der Waals surface area contributed by atoms with E-state index in [2.05, 4.69) is 9.97 Å². The monoisotopic (exact) mass is 270 g/mol. The Hall–Kier alpha value is -2.13. The number of halogens is 1. The molecule has 0 N–H and O–H groups in total. The van der Waals surface area contributed by atoms with Crippen molar-refractivity contribution in [2.24, 2.45) is 0 Å². The first-order valence-electron chi connectivity index (χ1n) is 5.89. The molecule has 0 unspecified atom stereocenters. The van der Waals surface area contributed by atoms with Crippen molar-refractivity contribution in [1.82, 2.24) is 9.97 Å². The van der Waals surface area contributed by atoms with Crippen LogP contribution >= 0.6 is 11.6 Å². The van der Waals surface area contributed by atoms with Gasteiger partial charge in [0.15, 0.2) is 0 Å². The Morgan fingerprint density at radius 3 is 2.84 bits per heavy atom. The minimum atomic E-state index is 0.388. The lowest BCUT2D eigenvalue weighted by Crippen LogP contribution is -1.97. The number of aromatic nitrogens is 2. The van der Waals surface area contributed by atoms with E-state index in [4.69, 9.17) is 16.3 Å². The second kappa shape index (κ2) is 5.24. The Balaban J connectivity index is 1.78. The van der Waals surface area contributed by atoms with Crippen molar-refractivity contribution < 1.29 is 4.74 Å². The third-order valence-corrected chi connectivity index (χ3v) is 2.98. The third-order valence-electron chi connectivity index (χ3n) is 2.74. The third kappa shape index (κ3) is 2.83. The lowest BCUT2D eigenvalue weighted by molar-refractivity contribution is 0.301. The van der Waals surface area contributed by atoms with Crippen molar-refractivity contribution in [1.29, 1.82) is 0 Å². The van der Waals surface area contributed by atoms with E-state index < -0.39 is 0 Å². The molecule has 2 aromatic heterocycles. The number of benzene rings is 1. The Bertz CT molecular complexity index is 715. The highest BCUT2D eigenvalue weighted by atomic mass is 35.5. The van der Waals surface area contributed by atoms with E-state index >= 15 is 0 Å². The number of rotatable bonds is 3. The van der Waals surface area contributed by atoms with Crippen molar-refractivity contribution in [3.63, 3.8) is 0 Å². The molecule has 0 radical (unpaired) electrons. The molecule has 4 heteroatoms. The predicted octanol–water partition coefficient (Wildman–Crippen LogP) is 3.86. The topological polar surface area (TPSA) is 35.0 Å². The van der Waals surface area contributed by atoms with E-state index in [0.717, 1.165) is 22.3 Å². The first-order chi connectivity index (χ1) is 9.31. The fraction of sp³-hybridized carbons (Fsp3) is 0.0667. The van der Waals surface area contributed by atoms with E-state index in [1.54, 1.807) is 24.5 Å². The second-order valence-corrected chi connectivity index (χ2v) is 4.55. The molecule has 3 nitrogen and oxygen atoms in total. The van der Waals surface area contributed by atoms with Crippen molar-refractivity contribution in [3.05, 3.63) is 65.6 Å². The average molecular weight is 271 g/mol. The minimum Gasteiger partial charge on any atom is -0.487 e. The smallest absolute Gasteiger partial charge is 0.130 e. The highest BCUT2D eigenvalue weighted by Gasteiger charge is 2.00. The molecule has 94 valence electrons. The summed E-state index contributed by atoms with van der Waals surface area (Å²) in [6.45, 7) is 0.388. The van der Waals surface area contributed by atoms with Gasteiger partial charge < -0.3 is 4.74 Å². The van der Waals surface area contributed by atoms with Gasteiger partial charge in [-0.15, -0.1) is 0 Å². The summed E-state index contributed by atoms with van der Waals surface area (Å²) in [4.78, 5) is 8.49. The van der Waals surface area contributed by atoms with E-state index in [1.165, 1.54) is 0 Å². The van der Waals surface area contributed by atoms with Gasteiger partial charge in [-0.3, -0.25) is 9.97 Å². The summed E-state index contributed by atoms with van der Waals surface area (Å²) in [5.41, 5.74) is 1.72. The van der Waals surface area contributed by atoms with Crippen LogP contribution in [-0.2, 0) is 6.61 Å². The number of hydrogen-bond acceptors (Lipinski definition) is 3. The standard InChI is InChI=1S/C15H11ClN2O/c16-12-5-7-17-13(8-12)10-19-14-4-3-11-2-1-6-18-15(11)9-14/h1-9H,10H2. The van der Waals surface area contributed by atoms with Crippen molar-refractivity contribution in [3.8, 4) is 5.75 Å². The van der Waals surface area contributed by atoms with Gasteiger partial charge in [0.2, 0.25) is 0 Å². The lowest BCUT2D eigenvalue weighted by atomic mass is 10.2. The molecule has 0 saturated heterocycles. The molecule has 0 bridgehead atoms. The zero-order valence-electron chi connectivity index (χ0n) is 10.1. The van der Waals surface area contributed by atoms with Gasteiger partial charge in [-0.2, -0.15) is 0 Å². The number of pyridine rings is 2. The summed E-state index contributed by atoms with van der Waals surface area (Å²) in [6.07, 6.45) is 3.44. The minimum absolute atomic E-state index is 0.388. The molecule has 2 heterocycles. The first-order valence-corrected chi connectivity index (χ1v) is 6.27. The highest BCUT2D eigenvalue weighted by Crippen LogP contribution is 2.19. The Morgan fingerprint density at radius 2 is 1.95 bits per heavy atom. The highest BCUT2D eigenvalue weighted by molar-refractivity contribution is 6.30. The Morgan fingerprint density at radius 1 is 1.00 bits per heavy atom. The van der Waals surface area contributed by atoms with Crippen molar-refractivity contribution in [2.45, 2.75) is 6.61 Å². The average Bonchev–Trinajstić information content (AvgIpc) is 2.45. The Labute approximate surface area is 115 Å². The zero-order chi connectivity index (χ0) is 13.1.